The van der Waals surface area contributed by atoms with Crippen molar-refractivity contribution in [2.75, 3.05) is 32.7 Å². The largest absolute Gasteiger partial charge is 0.314 e. The van der Waals surface area contributed by atoms with Crippen LogP contribution in [-0.4, -0.2) is 37.6 Å². The van der Waals surface area contributed by atoms with Crippen LogP contribution in [0.1, 0.15) is 39.0 Å². The van der Waals surface area contributed by atoms with Crippen LogP contribution in [0.4, 0.5) is 8.78 Å². The van der Waals surface area contributed by atoms with E-state index in [1.807, 2.05) is 25.2 Å². The van der Waals surface area contributed by atoms with Crippen molar-refractivity contribution in [3.8, 4) is 0 Å². The van der Waals surface area contributed by atoms with Gasteiger partial charge in [-0.1, -0.05) is 29.9 Å². The van der Waals surface area contributed by atoms with Gasteiger partial charge in [0.05, 0.1) is 0 Å². The van der Waals surface area contributed by atoms with Gasteiger partial charge in [-0.05, 0) is 56.6 Å². The zero-order chi connectivity index (χ0) is 17.6. The first-order chi connectivity index (χ1) is 12.2. The molecule has 2 aliphatic carbocycles. The molecule has 0 aromatic heterocycles. The number of nitrogens with one attached hydrogen (secondary N) is 1. The lowest BCUT2D eigenvalue weighted by Crippen LogP contribution is -2.44. The van der Waals surface area contributed by atoms with E-state index in [-0.39, 0.29) is 6.42 Å². The maximum atomic E-state index is 14.3. The van der Waals surface area contributed by atoms with Crippen molar-refractivity contribution >= 4 is 0 Å². The zero-order valence-corrected chi connectivity index (χ0v) is 15.2. The van der Waals surface area contributed by atoms with Crippen molar-refractivity contribution in [3.05, 3.63) is 47.1 Å². The summed E-state index contributed by atoms with van der Waals surface area (Å²) in [4.78, 5) is 2.52. The van der Waals surface area contributed by atoms with E-state index in [0.29, 0.717) is 23.8 Å². The first-order valence-electron chi connectivity index (χ1n) is 9.67. The summed E-state index contributed by atoms with van der Waals surface area (Å²) in [5.74, 6) is -0.186. The molecule has 1 N–H and O–H groups in total. The average molecular weight is 348 g/mol. The van der Waals surface area contributed by atoms with Gasteiger partial charge >= 0.3 is 0 Å². The molecular weight excluding hydrogens is 318 g/mol. The highest BCUT2D eigenvalue weighted by Gasteiger charge is 2.34. The molecule has 0 aromatic rings. The fourth-order valence-corrected chi connectivity index (χ4v) is 4.11. The summed E-state index contributed by atoms with van der Waals surface area (Å²) in [6, 6.07) is 0. The number of halogens is 2. The van der Waals surface area contributed by atoms with Gasteiger partial charge in [0, 0.05) is 32.6 Å². The van der Waals surface area contributed by atoms with E-state index in [9.17, 15) is 8.78 Å². The molecule has 1 saturated heterocycles. The third-order valence-electron chi connectivity index (χ3n) is 5.87. The van der Waals surface area contributed by atoms with Gasteiger partial charge in [-0.25, -0.2) is 8.78 Å². The monoisotopic (exact) mass is 348 g/mol. The molecule has 0 aromatic carbocycles. The molecule has 1 heterocycles. The molecule has 2 atom stereocenters. The lowest BCUT2D eigenvalue weighted by Gasteiger charge is -2.40. The van der Waals surface area contributed by atoms with Crippen LogP contribution in [0.15, 0.2) is 47.1 Å². The van der Waals surface area contributed by atoms with E-state index in [1.54, 1.807) is 6.08 Å². The Morgan fingerprint density at radius 1 is 1.20 bits per heavy atom. The summed E-state index contributed by atoms with van der Waals surface area (Å²) >= 11 is 0. The number of piperazine rings is 1. The Labute approximate surface area is 150 Å². The Bertz CT molecular complexity index is 583. The van der Waals surface area contributed by atoms with Crippen molar-refractivity contribution in [1.29, 1.82) is 0 Å². The van der Waals surface area contributed by atoms with Crippen LogP contribution in [0.5, 0.6) is 0 Å². The predicted octanol–water partition coefficient (Wildman–Crippen LogP) is 4.68. The molecule has 2 unspecified atom stereocenters. The Hall–Kier alpha value is -1.26. The highest BCUT2D eigenvalue weighted by Crippen LogP contribution is 2.45. The van der Waals surface area contributed by atoms with Crippen molar-refractivity contribution < 1.29 is 8.78 Å². The summed E-state index contributed by atoms with van der Waals surface area (Å²) in [7, 11) is 0. The summed E-state index contributed by atoms with van der Waals surface area (Å²) in [5, 5.41) is 3.38. The van der Waals surface area contributed by atoms with E-state index in [2.05, 4.69) is 10.2 Å². The lowest BCUT2D eigenvalue weighted by molar-refractivity contribution is 0.154. The third-order valence-corrected chi connectivity index (χ3v) is 5.87. The van der Waals surface area contributed by atoms with Crippen molar-refractivity contribution in [2.45, 2.75) is 39.0 Å². The average Bonchev–Trinajstić information content (AvgIpc) is 2.73. The van der Waals surface area contributed by atoms with E-state index in [0.717, 1.165) is 44.7 Å². The molecule has 0 spiro atoms. The Kier molecular flexibility index (Phi) is 6.60. The van der Waals surface area contributed by atoms with Gasteiger partial charge < -0.3 is 10.2 Å². The van der Waals surface area contributed by atoms with Crippen LogP contribution in [0.25, 0.3) is 0 Å². The fourth-order valence-electron chi connectivity index (χ4n) is 4.11. The van der Waals surface area contributed by atoms with Gasteiger partial charge in [0.25, 0.3) is 0 Å². The van der Waals surface area contributed by atoms with Gasteiger partial charge in [0.1, 0.15) is 5.83 Å². The molecule has 1 saturated carbocycles. The smallest absolute Gasteiger partial charge is 0.158 e. The second kappa shape index (κ2) is 8.91. The first-order valence-corrected chi connectivity index (χ1v) is 9.67. The number of allylic oxidation sites excluding steroid dienone is 8. The minimum absolute atomic E-state index is 0.149. The van der Waals surface area contributed by atoms with Crippen LogP contribution >= 0.6 is 0 Å². The lowest BCUT2D eigenvalue weighted by atomic mass is 9.67. The molecule has 4 heteroatoms. The second-order valence-corrected chi connectivity index (χ2v) is 7.43. The van der Waals surface area contributed by atoms with Crippen LogP contribution in [0.2, 0.25) is 0 Å². The number of hydrogen-bond donors (Lipinski definition) is 1. The van der Waals surface area contributed by atoms with Crippen LogP contribution in [0, 0.1) is 11.8 Å². The Morgan fingerprint density at radius 2 is 2.00 bits per heavy atom. The van der Waals surface area contributed by atoms with Crippen LogP contribution in [0.3, 0.4) is 0 Å². The zero-order valence-electron chi connectivity index (χ0n) is 15.2. The molecule has 0 radical (unpaired) electrons. The number of rotatable bonds is 6. The summed E-state index contributed by atoms with van der Waals surface area (Å²) in [6.45, 7) is 7.43. The molecule has 2 fully saturated rings. The quantitative estimate of drug-likeness (QED) is 0.701. The molecule has 2 nitrogen and oxygen atoms in total. The first kappa shape index (κ1) is 18.5. The van der Waals surface area contributed by atoms with Crippen LogP contribution < -0.4 is 5.32 Å². The second-order valence-electron chi connectivity index (χ2n) is 7.43. The van der Waals surface area contributed by atoms with E-state index < -0.39 is 11.7 Å². The summed E-state index contributed by atoms with van der Waals surface area (Å²) in [5.41, 5.74) is 1.54. The van der Waals surface area contributed by atoms with E-state index in [1.165, 1.54) is 12.8 Å². The molecule has 3 rings (SSSR count). The molecule has 138 valence electrons. The van der Waals surface area contributed by atoms with Crippen molar-refractivity contribution in [2.24, 2.45) is 11.8 Å². The molecule has 3 aliphatic rings. The van der Waals surface area contributed by atoms with Gasteiger partial charge in [-0.2, -0.15) is 0 Å². The Morgan fingerprint density at radius 3 is 2.68 bits per heavy atom. The topological polar surface area (TPSA) is 15.3 Å². The van der Waals surface area contributed by atoms with Crippen molar-refractivity contribution in [3.63, 3.8) is 0 Å². The van der Waals surface area contributed by atoms with Crippen molar-refractivity contribution in [1.82, 2.24) is 10.2 Å². The van der Waals surface area contributed by atoms with Gasteiger partial charge in [0.15, 0.2) is 5.83 Å². The molecule has 0 amide bonds. The minimum atomic E-state index is -0.652. The fraction of sp³-hybridized carbons (Fsp3) is 0.619. The predicted molar refractivity (Wildman–Crippen MR) is 99.6 cm³/mol. The maximum absolute atomic E-state index is 14.3. The van der Waals surface area contributed by atoms with Gasteiger partial charge in [-0.15, -0.1) is 0 Å². The highest BCUT2D eigenvalue weighted by molar-refractivity contribution is 5.39. The molecule has 25 heavy (non-hydrogen) atoms. The Balaban J connectivity index is 1.60. The summed E-state index contributed by atoms with van der Waals surface area (Å²) < 4.78 is 28.5. The SMILES string of the molecule is C/C=C\CC1=CC=C(C2CCC2CCN2CCNCC2)CC(F)=C1F. The molecule has 1 aliphatic heterocycles. The van der Waals surface area contributed by atoms with Crippen LogP contribution in [-0.2, 0) is 0 Å². The highest BCUT2D eigenvalue weighted by atomic mass is 19.2. The van der Waals surface area contributed by atoms with Gasteiger partial charge in [0.2, 0.25) is 0 Å². The van der Waals surface area contributed by atoms with E-state index in [4.69, 9.17) is 0 Å². The standard InChI is InChI=1S/C21H30F2N2/c1-2-3-4-17-5-6-18(15-20(22)21(17)23)19-8-7-16(19)9-12-25-13-10-24-11-14-25/h2-3,5-6,16,19,24H,4,7-15H2,1H3/b3-2-. The number of hydrogen-bond acceptors (Lipinski definition) is 2. The minimum Gasteiger partial charge on any atom is -0.314 e. The summed E-state index contributed by atoms with van der Waals surface area (Å²) in [6.07, 6.45) is 11.6. The normalized spacial score (nSPS) is 28.6. The van der Waals surface area contributed by atoms with E-state index >= 15 is 0 Å². The number of nitrogens with zero attached hydrogens (tertiary/aromatic N) is 1. The molecule has 0 bridgehead atoms. The van der Waals surface area contributed by atoms with Gasteiger partial charge in [-0.3, -0.25) is 0 Å². The molecular formula is C21H30F2N2. The third kappa shape index (κ3) is 4.68. The maximum Gasteiger partial charge on any atom is 0.158 e.